The van der Waals surface area contributed by atoms with Gasteiger partial charge >= 0.3 is 0 Å². The van der Waals surface area contributed by atoms with Crippen molar-refractivity contribution in [2.75, 3.05) is 12.4 Å². The second kappa shape index (κ2) is 7.65. The van der Waals surface area contributed by atoms with Crippen LogP contribution in [0.2, 0.25) is 0 Å². The minimum atomic E-state index is -0.320. The monoisotopic (exact) mass is 395 g/mol. The topological polar surface area (TPSA) is 91.0 Å². The van der Waals surface area contributed by atoms with Crippen molar-refractivity contribution in [1.82, 2.24) is 19.3 Å². The number of benzene rings is 1. The van der Waals surface area contributed by atoms with Gasteiger partial charge in [-0.05, 0) is 29.1 Å². The van der Waals surface area contributed by atoms with Gasteiger partial charge in [0.05, 0.1) is 37.3 Å². The molecule has 4 aromatic rings. The molecule has 0 saturated carbocycles. The van der Waals surface area contributed by atoms with Crippen LogP contribution >= 0.6 is 11.3 Å². The first-order valence-electron chi connectivity index (χ1n) is 8.50. The standard InChI is InChI=1S/C19H17N5O3S/c1-27-15-4-2-3-13(7-15)9-24-10-14(8-21-24)22-17(25)11-23-12-20-18-16(19(23)26)5-6-28-18/h2-8,10,12H,9,11H2,1H3,(H,22,25). The second-order valence-corrected chi connectivity index (χ2v) is 7.04. The zero-order valence-corrected chi connectivity index (χ0v) is 15.8. The van der Waals surface area contributed by atoms with Gasteiger partial charge in [-0.1, -0.05) is 12.1 Å². The zero-order valence-electron chi connectivity index (χ0n) is 15.0. The Balaban J connectivity index is 1.42. The van der Waals surface area contributed by atoms with Crippen molar-refractivity contribution in [2.24, 2.45) is 0 Å². The first-order chi connectivity index (χ1) is 13.6. The number of ether oxygens (including phenoxy) is 1. The first-order valence-corrected chi connectivity index (χ1v) is 9.38. The highest BCUT2D eigenvalue weighted by Gasteiger charge is 2.10. The molecule has 1 aromatic carbocycles. The summed E-state index contributed by atoms with van der Waals surface area (Å²) in [6, 6.07) is 9.41. The summed E-state index contributed by atoms with van der Waals surface area (Å²) in [4.78, 5) is 29.5. The number of nitrogens with one attached hydrogen (secondary N) is 1. The van der Waals surface area contributed by atoms with E-state index < -0.39 is 0 Å². The number of rotatable bonds is 6. The van der Waals surface area contributed by atoms with Crippen LogP contribution in [0.15, 0.2) is 59.2 Å². The summed E-state index contributed by atoms with van der Waals surface area (Å²) in [6.45, 7) is 0.434. The molecule has 8 nitrogen and oxygen atoms in total. The van der Waals surface area contributed by atoms with Crippen molar-refractivity contribution in [3.05, 3.63) is 70.4 Å². The number of amides is 1. The normalized spacial score (nSPS) is 10.9. The van der Waals surface area contributed by atoms with Gasteiger partial charge in [0.25, 0.3) is 5.56 Å². The number of anilines is 1. The maximum Gasteiger partial charge on any atom is 0.262 e. The predicted octanol–water partition coefficient (Wildman–Crippen LogP) is 2.35. The van der Waals surface area contributed by atoms with Gasteiger partial charge in [-0.3, -0.25) is 18.8 Å². The molecular formula is C19H17N5O3S. The highest BCUT2D eigenvalue weighted by molar-refractivity contribution is 7.16. The molecule has 9 heteroatoms. The number of nitrogens with zero attached hydrogens (tertiary/aromatic N) is 4. The molecule has 0 bridgehead atoms. The number of fused-ring (bicyclic) bond motifs is 1. The van der Waals surface area contributed by atoms with Crippen LogP contribution in [0.4, 0.5) is 5.69 Å². The molecule has 0 aliphatic heterocycles. The Kier molecular flexibility index (Phi) is 4.90. The van der Waals surface area contributed by atoms with Gasteiger partial charge in [0.1, 0.15) is 17.1 Å². The summed E-state index contributed by atoms with van der Waals surface area (Å²) in [6.07, 6.45) is 4.70. The third-order valence-electron chi connectivity index (χ3n) is 4.16. The fourth-order valence-electron chi connectivity index (χ4n) is 2.83. The van der Waals surface area contributed by atoms with E-state index in [1.54, 1.807) is 35.6 Å². The molecule has 0 atom stereocenters. The average Bonchev–Trinajstić information content (AvgIpc) is 3.34. The van der Waals surface area contributed by atoms with E-state index >= 15 is 0 Å². The maximum absolute atomic E-state index is 12.4. The summed E-state index contributed by atoms with van der Waals surface area (Å²) in [5.41, 5.74) is 1.36. The maximum atomic E-state index is 12.4. The van der Waals surface area contributed by atoms with Gasteiger partial charge in [0, 0.05) is 6.20 Å². The lowest BCUT2D eigenvalue weighted by molar-refractivity contribution is -0.116. The number of hydrogen-bond acceptors (Lipinski definition) is 6. The molecule has 4 rings (SSSR count). The van der Waals surface area contributed by atoms with Crippen LogP contribution in [0, 0.1) is 0 Å². The predicted molar refractivity (Wildman–Crippen MR) is 107 cm³/mol. The van der Waals surface area contributed by atoms with E-state index in [9.17, 15) is 9.59 Å². The van der Waals surface area contributed by atoms with Crippen molar-refractivity contribution < 1.29 is 9.53 Å². The summed E-state index contributed by atoms with van der Waals surface area (Å²) in [7, 11) is 1.62. The summed E-state index contributed by atoms with van der Waals surface area (Å²) >= 11 is 1.39. The van der Waals surface area contributed by atoms with Crippen molar-refractivity contribution in [3.63, 3.8) is 0 Å². The number of aromatic nitrogens is 4. The Bertz CT molecular complexity index is 1190. The van der Waals surface area contributed by atoms with Crippen LogP contribution in [0.1, 0.15) is 5.56 Å². The van der Waals surface area contributed by atoms with Crippen LogP contribution in [0.5, 0.6) is 5.75 Å². The Morgan fingerprint density at radius 3 is 3.07 bits per heavy atom. The molecule has 1 amide bonds. The van der Waals surface area contributed by atoms with Crippen molar-refractivity contribution in [3.8, 4) is 5.75 Å². The highest BCUT2D eigenvalue weighted by Crippen LogP contribution is 2.15. The smallest absolute Gasteiger partial charge is 0.262 e. The number of thiophene rings is 1. The van der Waals surface area contributed by atoms with Gasteiger partial charge in [-0.25, -0.2) is 4.98 Å². The summed E-state index contributed by atoms with van der Waals surface area (Å²) < 4.78 is 8.23. The third-order valence-corrected chi connectivity index (χ3v) is 4.98. The van der Waals surface area contributed by atoms with E-state index in [0.717, 1.165) is 11.3 Å². The van der Waals surface area contributed by atoms with Crippen molar-refractivity contribution in [2.45, 2.75) is 13.1 Å². The van der Waals surface area contributed by atoms with E-state index in [2.05, 4.69) is 15.4 Å². The van der Waals surface area contributed by atoms with Crippen molar-refractivity contribution >= 4 is 33.1 Å². The van der Waals surface area contributed by atoms with Crippen LogP contribution < -0.4 is 15.6 Å². The second-order valence-electron chi connectivity index (χ2n) is 6.14. The molecule has 0 spiro atoms. The summed E-state index contributed by atoms with van der Waals surface area (Å²) in [5, 5.41) is 9.34. The van der Waals surface area contributed by atoms with Gasteiger partial charge in [-0.2, -0.15) is 5.10 Å². The van der Waals surface area contributed by atoms with Crippen LogP contribution in [0.3, 0.4) is 0 Å². The molecule has 3 heterocycles. The lowest BCUT2D eigenvalue weighted by Gasteiger charge is -2.06. The Morgan fingerprint density at radius 2 is 2.21 bits per heavy atom. The van der Waals surface area contributed by atoms with E-state index in [4.69, 9.17) is 4.74 Å². The van der Waals surface area contributed by atoms with E-state index in [-0.39, 0.29) is 18.0 Å². The zero-order chi connectivity index (χ0) is 19.5. The van der Waals surface area contributed by atoms with E-state index in [0.29, 0.717) is 22.4 Å². The Hall–Kier alpha value is -3.46. The van der Waals surface area contributed by atoms with Gasteiger partial charge in [0.2, 0.25) is 5.91 Å². The van der Waals surface area contributed by atoms with Crippen LogP contribution in [-0.4, -0.2) is 32.3 Å². The molecular weight excluding hydrogens is 378 g/mol. The molecule has 142 valence electrons. The highest BCUT2D eigenvalue weighted by atomic mass is 32.1. The molecule has 0 radical (unpaired) electrons. The fourth-order valence-corrected chi connectivity index (χ4v) is 3.56. The van der Waals surface area contributed by atoms with Crippen LogP contribution in [0.25, 0.3) is 10.2 Å². The van der Waals surface area contributed by atoms with Crippen LogP contribution in [-0.2, 0) is 17.9 Å². The van der Waals surface area contributed by atoms with Gasteiger partial charge < -0.3 is 10.1 Å². The Morgan fingerprint density at radius 1 is 1.32 bits per heavy atom. The fraction of sp³-hybridized carbons (Fsp3) is 0.158. The lowest BCUT2D eigenvalue weighted by Crippen LogP contribution is -2.27. The third kappa shape index (κ3) is 3.79. The molecule has 1 N–H and O–H groups in total. The Labute approximate surface area is 164 Å². The van der Waals surface area contributed by atoms with Gasteiger partial charge in [0.15, 0.2) is 0 Å². The first kappa shape index (κ1) is 17.9. The minimum Gasteiger partial charge on any atom is -0.497 e. The quantitative estimate of drug-likeness (QED) is 0.541. The molecule has 0 fully saturated rings. The lowest BCUT2D eigenvalue weighted by atomic mass is 10.2. The van der Waals surface area contributed by atoms with E-state index in [1.165, 1.54) is 22.2 Å². The molecule has 0 aliphatic carbocycles. The summed E-state index contributed by atoms with van der Waals surface area (Å²) in [5.74, 6) is 0.458. The SMILES string of the molecule is COc1cccc(Cn2cc(NC(=O)Cn3cnc4sccc4c3=O)cn2)c1. The largest absolute Gasteiger partial charge is 0.497 e. The van der Waals surface area contributed by atoms with Crippen molar-refractivity contribution in [1.29, 1.82) is 0 Å². The number of carbonyl (C=O) groups excluding carboxylic acids is 1. The number of hydrogen-bond donors (Lipinski definition) is 1. The van der Waals surface area contributed by atoms with E-state index in [1.807, 2.05) is 24.3 Å². The molecule has 0 unspecified atom stereocenters. The average molecular weight is 395 g/mol. The molecule has 0 aliphatic rings. The molecule has 28 heavy (non-hydrogen) atoms. The number of carbonyl (C=O) groups is 1. The minimum absolute atomic E-state index is 0.112. The van der Waals surface area contributed by atoms with Gasteiger partial charge in [-0.15, -0.1) is 11.3 Å². The number of methoxy groups -OCH3 is 1. The molecule has 3 aromatic heterocycles. The molecule has 0 saturated heterocycles.